The standard InChI is InChI=1S/C23H32O4.2Ac/c1-21-9-8-15(24)12-14(21)4-5-16-17-6-7-19(23(3)26-10-11-27-23)22(17,2)20(25)13-18(16)21;;/h4,6,12,16,18-20,24-25H,5,7-11,13H2,1-3H3;;/t16?,18?,19?,20?,21-,22-;;/m0../s1. The van der Waals surface area contributed by atoms with Crippen LogP contribution in [0.25, 0.3) is 0 Å². The summed E-state index contributed by atoms with van der Waals surface area (Å²) in [5.74, 6) is 0.956. The SMILES string of the molecule is CC1(C2CC=C3C4CC=C5C=C(O)CC[C@]5(C)C4CC(O)[C@@]32C)OCCO1.[Ac].[Ac]. The first kappa shape index (κ1) is 25.4. The van der Waals surface area contributed by atoms with E-state index in [-0.39, 0.29) is 105 Å². The summed E-state index contributed by atoms with van der Waals surface area (Å²) >= 11 is 0. The zero-order valence-electron chi connectivity index (χ0n) is 17.9. The van der Waals surface area contributed by atoms with Crippen LogP contribution in [-0.2, 0) is 9.47 Å². The van der Waals surface area contributed by atoms with Crippen molar-refractivity contribution in [1.82, 2.24) is 0 Å². The number of aliphatic hydroxyl groups is 2. The number of fused-ring (bicyclic) bond motifs is 5. The molecular formula is C23H32Ac2O4. The number of hydrogen-bond donors (Lipinski definition) is 2. The molecule has 0 amide bonds. The maximum absolute atomic E-state index is 11.4. The third kappa shape index (κ3) is 3.70. The maximum Gasteiger partial charge on any atom is 0.169 e. The monoisotopic (exact) mass is 826 g/mol. The van der Waals surface area contributed by atoms with Crippen LogP contribution >= 0.6 is 0 Å². The molecule has 0 aromatic rings. The molecule has 5 rings (SSSR count). The normalized spacial score (nSPS) is 44.8. The van der Waals surface area contributed by atoms with Crippen LogP contribution in [0.2, 0.25) is 0 Å². The molecule has 0 spiro atoms. The van der Waals surface area contributed by atoms with Gasteiger partial charge in [-0.05, 0) is 61.5 Å². The summed E-state index contributed by atoms with van der Waals surface area (Å²) in [4.78, 5) is 0. The molecule has 1 heterocycles. The van der Waals surface area contributed by atoms with Gasteiger partial charge in [-0.15, -0.1) is 0 Å². The fraction of sp³-hybridized carbons (Fsp3) is 0.739. The Hall–Kier alpha value is 1.78. The average Bonchev–Trinajstić information content (AvgIpc) is 3.22. The van der Waals surface area contributed by atoms with E-state index in [9.17, 15) is 10.2 Å². The summed E-state index contributed by atoms with van der Waals surface area (Å²) in [7, 11) is 0. The molecule has 1 aliphatic heterocycles. The van der Waals surface area contributed by atoms with Crippen molar-refractivity contribution >= 4 is 0 Å². The molecule has 0 aromatic carbocycles. The largest absolute Gasteiger partial charge is 0.512 e. The van der Waals surface area contributed by atoms with E-state index in [4.69, 9.17) is 9.47 Å². The van der Waals surface area contributed by atoms with Crippen molar-refractivity contribution in [3.05, 3.63) is 35.1 Å². The Balaban J connectivity index is 0.00000120. The molecule has 6 atom stereocenters. The van der Waals surface area contributed by atoms with Gasteiger partial charge in [-0.25, -0.2) is 0 Å². The zero-order valence-corrected chi connectivity index (χ0v) is 27.3. The molecule has 154 valence electrons. The zero-order chi connectivity index (χ0) is 19.0. The van der Waals surface area contributed by atoms with Crippen LogP contribution in [-0.4, -0.2) is 35.3 Å². The summed E-state index contributed by atoms with van der Waals surface area (Å²) in [5, 5.41) is 21.5. The summed E-state index contributed by atoms with van der Waals surface area (Å²) in [6.45, 7) is 7.91. The first-order valence-electron chi connectivity index (χ1n) is 10.6. The Morgan fingerprint density at radius 1 is 1.03 bits per heavy atom. The van der Waals surface area contributed by atoms with Gasteiger partial charge in [-0.2, -0.15) is 0 Å². The summed E-state index contributed by atoms with van der Waals surface area (Å²) < 4.78 is 12.1. The second kappa shape index (κ2) is 8.86. The summed E-state index contributed by atoms with van der Waals surface area (Å²) in [6.07, 6.45) is 10.7. The number of ether oxygens (including phenoxy) is 2. The van der Waals surface area contributed by atoms with E-state index >= 15 is 0 Å². The molecule has 0 bridgehead atoms. The molecule has 6 heteroatoms. The molecule has 1 saturated heterocycles. The molecule has 4 unspecified atom stereocenters. The Morgan fingerprint density at radius 3 is 2.41 bits per heavy atom. The predicted octanol–water partition coefficient (Wildman–Crippen LogP) is 4.27. The number of allylic oxidation sites excluding steroid dienone is 5. The minimum atomic E-state index is -0.597. The molecule has 4 aliphatic carbocycles. The number of rotatable bonds is 1. The van der Waals surface area contributed by atoms with E-state index in [0.29, 0.717) is 30.8 Å². The van der Waals surface area contributed by atoms with Gasteiger partial charge in [0, 0.05) is 106 Å². The van der Waals surface area contributed by atoms with Gasteiger partial charge in [0.15, 0.2) is 5.79 Å². The van der Waals surface area contributed by atoms with Gasteiger partial charge < -0.3 is 19.7 Å². The van der Waals surface area contributed by atoms with E-state index in [2.05, 4.69) is 32.9 Å². The van der Waals surface area contributed by atoms with Gasteiger partial charge in [0.25, 0.3) is 0 Å². The van der Waals surface area contributed by atoms with Crippen molar-refractivity contribution in [2.45, 2.75) is 64.8 Å². The van der Waals surface area contributed by atoms with Gasteiger partial charge in [0.2, 0.25) is 0 Å². The Morgan fingerprint density at radius 2 is 1.72 bits per heavy atom. The summed E-state index contributed by atoms with van der Waals surface area (Å²) in [6, 6.07) is 0. The summed E-state index contributed by atoms with van der Waals surface area (Å²) in [5.41, 5.74) is 2.45. The van der Waals surface area contributed by atoms with Gasteiger partial charge >= 0.3 is 0 Å². The van der Waals surface area contributed by atoms with Crippen molar-refractivity contribution in [3.8, 4) is 0 Å². The first-order valence-corrected chi connectivity index (χ1v) is 10.6. The van der Waals surface area contributed by atoms with E-state index < -0.39 is 11.9 Å². The van der Waals surface area contributed by atoms with Crippen molar-refractivity contribution in [2.75, 3.05) is 13.2 Å². The smallest absolute Gasteiger partial charge is 0.169 e. The van der Waals surface area contributed by atoms with Crippen LogP contribution in [0.1, 0.15) is 52.9 Å². The van der Waals surface area contributed by atoms with Crippen molar-refractivity contribution < 1.29 is 108 Å². The fourth-order valence-corrected chi connectivity index (χ4v) is 7.13. The second-order valence-corrected chi connectivity index (χ2v) is 9.86. The number of aliphatic hydroxyl groups excluding tert-OH is 2. The topological polar surface area (TPSA) is 58.9 Å². The van der Waals surface area contributed by atoms with Gasteiger partial charge in [-0.1, -0.05) is 31.6 Å². The molecule has 29 heavy (non-hydrogen) atoms. The van der Waals surface area contributed by atoms with Crippen LogP contribution in [0, 0.1) is 117 Å². The predicted molar refractivity (Wildman–Crippen MR) is 103 cm³/mol. The Labute approximate surface area is 246 Å². The van der Waals surface area contributed by atoms with Gasteiger partial charge in [0.1, 0.15) is 0 Å². The molecule has 0 aromatic heterocycles. The van der Waals surface area contributed by atoms with Crippen LogP contribution in [0.15, 0.2) is 35.1 Å². The van der Waals surface area contributed by atoms with Crippen molar-refractivity contribution in [3.63, 3.8) is 0 Å². The minimum absolute atomic E-state index is 0. The van der Waals surface area contributed by atoms with Crippen molar-refractivity contribution in [2.24, 2.45) is 28.6 Å². The third-order valence-corrected chi connectivity index (χ3v) is 8.76. The molecule has 5 aliphatic rings. The molecule has 4 nitrogen and oxygen atoms in total. The first-order chi connectivity index (χ1) is 12.8. The van der Waals surface area contributed by atoms with Crippen LogP contribution in [0.5, 0.6) is 0 Å². The minimum Gasteiger partial charge on any atom is -0.512 e. The van der Waals surface area contributed by atoms with Crippen LogP contribution in [0.4, 0.5) is 0 Å². The average molecular weight is 827 g/mol. The fourth-order valence-electron chi connectivity index (χ4n) is 7.13. The van der Waals surface area contributed by atoms with Crippen LogP contribution < -0.4 is 0 Å². The molecular weight excluding hydrogens is 794 g/mol. The van der Waals surface area contributed by atoms with E-state index in [1.165, 1.54) is 11.1 Å². The molecule has 2 radical (unpaired) electrons. The van der Waals surface area contributed by atoms with Gasteiger partial charge in [0.05, 0.1) is 25.1 Å². The number of hydrogen-bond acceptors (Lipinski definition) is 4. The molecule has 1 saturated carbocycles. The van der Waals surface area contributed by atoms with E-state index in [0.717, 1.165) is 32.1 Å². The van der Waals surface area contributed by atoms with Crippen molar-refractivity contribution in [1.29, 1.82) is 0 Å². The molecule has 2 N–H and O–H groups in total. The molecule has 2 fully saturated rings. The van der Waals surface area contributed by atoms with E-state index in [1.54, 1.807) is 0 Å². The second-order valence-electron chi connectivity index (χ2n) is 9.86. The maximum atomic E-state index is 11.4. The Bertz CT molecular complexity index is 754. The Kier molecular flexibility index (Phi) is 7.76. The quantitative estimate of drug-likeness (QED) is 0.389. The van der Waals surface area contributed by atoms with Gasteiger partial charge in [-0.3, -0.25) is 0 Å². The third-order valence-electron chi connectivity index (χ3n) is 8.76. The van der Waals surface area contributed by atoms with E-state index in [1.807, 2.05) is 6.08 Å². The van der Waals surface area contributed by atoms with Crippen LogP contribution in [0.3, 0.4) is 0 Å².